The maximum absolute atomic E-state index is 12.6. The maximum Gasteiger partial charge on any atom is 0.338 e. The van der Waals surface area contributed by atoms with Gasteiger partial charge in [0, 0.05) is 12.2 Å². The van der Waals surface area contributed by atoms with Crippen molar-refractivity contribution in [1.82, 2.24) is 4.90 Å². The molecule has 1 atom stereocenters. The standard InChI is InChI=1S/C18H20N2O4S/c1-4-24-17(22)15-11(2)19-18-20(14(21)9-10-25-18)16(15)12-5-7-13(23-3)8-6-12/h5-8,16H,4,9-10H2,1-3H3/t16-/m1/s1. The van der Waals surface area contributed by atoms with Gasteiger partial charge in [-0.05, 0) is 31.5 Å². The van der Waals surface area contributed by atoms with Crippen molar-refractivity contribution in [2.75, 3.05) is 19.5 Å². The molecule has 1 amide bonds. The van der Waals surface area contributed by atoms with E-state index in [1.54, 1.807) is 25.9 Å². The van der Waals surface area contributed by atoms with E-state index < -0.39 is 12.0 Å². The second-order valence-corrected chi connectivity index (χ2v) is 6.71. The number of hydrogen-bond acceptors (Lipinski definition) is 6. The number of ether oxygens (including phenoxy) is 2. The normalized spacial score (nSPS) is 20.1. The lowest BCUT2D eigenvalue weighted by atomic mass is 9.94. The third kappa shape index (κ3) is 3.28. The summed E-state index contributed by atoms with van der Waals surface area (Å²) < 4.78 is 10.4. The minimum absolute atomic E-state index is 0.0346. The van der Waals surface area contributed by atoms with Crippen LogP contribution < -0.4 is 4.74 Å². The Balaban J connectivity index is 2.11. The van der Waals surface area contributed by atoms with Gasteiger partial charge in [0.25, 0.3) is 0 Å². The minimum atomic E-state index is -0.530. The van der Waals surface area contributed by atoms with Crippen molar-refractivity contribution in [3.8, 4) is 5.75 Å². The Labute approximate surface area is 150 Å². The van der Waals surface area contributed by atoms with Crippen molar-refractivity contribution >= 4 is 28.8 Å². The molecule has 0 aromatic heterocycles. The predicted octanol–water partition coefficient (Wildman–Crippen LogP) is 2.91. The number of allylic oxidation sites excluding steroid dienone is 1. The number of carbonyl (C=O) groups is 2. The molecule has 25 heavy (non-hydrogen) atoms. The third-order valence-electron chi connectivity index (χ3n) is 4.13. The number of carbonyl (C=O) groups excluding carboxylic acids is 2. The number of esters is 1. The van der Waals surface area contributed by atoms with Gasteiger partial charge < -0.3 is 9.47 Å². The summed E-state index contributed by atoms with van der Waals surface area (Å²) in [5.41, 5.74) is 1.82. The van der Waals surface area contributed by atoms with Crippen LogP contribution in [0.1, 0.15) is 31.9 Å². The first-order valence-electron chi connectivity index (χ1n) is 8.12. The van der Waals surface area contributed by atoms with E-state index in [4.69, 9.17) is 9.47 Å². The summed E-state index contributed by atoms with van der Waals surface area (Å²) >= 11 is 1.53. The van der Waals surface area contributed by atoms with E-state index >= 15 is 0 Å². The summed E-state index contributed by atoms with van der Waals surface area (Å²) in [6.07, 6.45) is 0.422. The molecule has 0 unspecified atom stereocenters. The summed E-state index contributed by atoms with van der Waals surface area (Å²) in [6, 6.07) is 6.84. The van der Waals surface area contributed by atoms with Gasteiger partial charge >= 0.3 is 5.97 Å². The molecule has 7 heteroatoms. The van der Waals surface area contributed by atoms with E-state index in [2.05, 4.69) is 4.99 Å². The Morgan fingerprint density at radius 1 is 1.36 bits per heavy atom. The highest BCUT2D eigenvalue weighted by molar-refractivity contribution is 8.14. The van der Waals surface area contributed by atoms with Gasteiger partial charge in [-0.1, -0.05) is 23.9 Å². The zero-order valence-corrected chi connectivity index (χ0v) is 15.3. The Morgan fingerprint density at radius 3 is 2.72 bits per heavy atom. The van der Waals surface area contributed by atoms with Crippen molar-refractivity contribution in [2.24, 2.45) is 4.99 Å². The zero-order chi connectivity index (χ0) is 18.0. The van der Waals surface area contributed by atoms with Gasteiger partial charge in [0.15, 0.2) is 5.17 Å². The topological polar surface area (TPSA) is 68.2 Å². The maximum atomic E-state index is 12.6. The molecule has 0 aliphatic carbocycles. The quantitative estimate of drug-likeness (QED) is 0.772. The first kappa shape index (κ1) is 17.5. The van der Waals surface area contributed by atoms with E-state index in [-0.39, 0.29) is 12.5 Å². The molecule has 0 radical (unpaired) electrons. The number of aliphatic imine (C=N–C) groups is 1. The van der Waals surface area contributed by atoms with E-state index in [9.17, 15) is 9.59 Å². The Kier molecular flexibility index (Phi) is 5.13. The molecule has 0 saturated carbocycles. The lowest BCUT2D eigenvalue weighted by molar-refractivity contribution is -0.139. The fraction of sp³-hybridized carbons (Fsp3) is 0.389. The number of amides is 1. The number of nitrogens with zero attached hydrogens (tertiary/aromatic N) is 2. The molecular weight excluding hydrogens is 340 g/mol. The molecule has 1 aromatic carbocycles. The fourth-order valence-corrected chi connectivity index (χ4v) is 3.97. The van der Waals surface area contributed by atoms with Gasteiger partial charge in [-0.15, -0.1) is 0 Å². The van der Waals surface area contributed by atoms with Crippen LogP contribution in [0.5, 0.6) is 5.75 Å². The summed E-state index contributed by atoms with van der Waals surface area (Å²) in [5.74, 6) is 0.941. The Hall–Kier alpha value is -2.28. The van der Waals surface area contributed by atoms with Crippen LogP contribution in [0, 0.1) is 0 Å². The minimum Gasteiger partial charge on any atom is -0.497 e. The highest BCUT2D eigenvalue weighted by atomic mass is 32.2. The van der Waals surface area contributed by atoms with Gasteiger partial charge in [-0.2, -0.15) is 0 Å². The summed E-state index contributed by atoms with van der Waals surface area (Å²) in [4.78, 5) is 31.3. The zero-order valence-electron chi connectivity index (χ0n) is 14.4. The monoisotopic (exact) mass is 360 g/mol. The van der Waals surface area contributed by atoms with Crippen molar-refractivity contribution in [3.63, 3.8) is 0 Å². The number of rotatable bonds is 4. The van der Waals surface area contributed by atoms with Crippen LogP contribution >= 0.6 is 11.8 Å². The molecule has 2 aliphatic rings. The smallest absolute Gasteiger partial charge is 0.338 e. The Morgan fingerprint density at radius 2 is 2.08 bits per heavy atom. The Bertz CT molecular complexity index is 755. The molecule has 3 rings (SSSR count). The predicted molar refractivity (Wildman–Crippen MR) is 96.4 cm³/mol. The lowest BCUT2D eigenvalue weighted by Crippen LogP contribution is -2.45. The number of hydrogen-bond donors (Lipinski definition) is 0. The number of methoxy groups -OCH3 is 1. The SMILES string of the molecule is CCOC(=O)C1=C(C)N=C2SCCC(=O)N2[C@@H]1c1ccc(OC)cc1. The first-order valence-corrected chi connectivity index (χ1v) is 9.10. The third-order valence-corrected chi connectivity index (χ3v) is 5.09. The van der Waals surface area contributed by atoms with Gasteiger partial charge in [0.1, 0.15) is 5.75 Å². The molecular formula is C18H20N2O4S. The molecule has 6 nitrogen and oxygen atoms in total. The average Bonchev–Trinajstić information content (AvgIpc) is 2.61. The van der Waals surface area contributed by atoms with E-state index in [1.807, 2.05) is 24.3 Å². The fourth-order valence-electron chi connectivity index (χ4n) is 2.97. The van der Waals surface area contributed by atoms with Crippen molar-refractivity contribution in [1.29, 1.82) is 0 Å². The molecule has 1 fully saturated rings. The second-order valence-electron chi connectivity index (χ2n) is 5.65. The number of fused-ring (bicyclic) bond motifs is 1. The largest absolute Gasteiger partial charge is 0.497 e. The van der Waals surface area contributed by atoms with Gasteiger partial charge in [0.05, 0.1) is 31.0 Å². The van der Waals surface area contributed by atoms with Crippen LogP contribution in [-0.2, 0) is 14.3 Å². The molecule has 1 aromatic rings. The van der Waals surface area contributed by atoms with Gasteiger partial charge in [0.2, 0.25) is 5.91 Å². The second kappa shape index (κ2) is 7.31. The first-order chi connectivity index (χ1) is 12.1. The van der Waals surface area contributed by atoms with Crippen LogP contribution in [0.2, 0.25) is 0 Å². The molecule has 2 aliphatic heterocycles. The highest BCUT2D eigenvalue weighted by Gasteiger charge is 2.41. The van der Waals surface area contributed by atoms with Crippen LogP contribution in [0.4, 0.5) is 0 Å². The highest BCUT2D eigenvalue weighted by Crippen LogP contribution is 2.40. The van der Waals surface area contributed by atoms with E-state index in [0.29, 0.717) is 34.4 Å². The summed E-state index contributed by atoms with van der Waals surface area (Å²) in [5, 5.41) is 0.641. The van der Waals surface area contributed by atoms with Crippen molar-refractivity contribution < 1.29 is 19.1 Å². The van der Waals surface area contributed by atoms with E-state index in [1.165, 1.54) is 11.8 Å². The number of benzene rings is 1. The lowest BCUT2D eigenvalue weighted by Gasteiger charge is -2.38. The summed E-state index contributed by atoms with van der Waals surface area (Å²) in [6.45, 7) is 3.81. The summed E-state index contributed by atoms with van der Waals surface area (Å²) in [7, 11) is 1.60. The molecule has 0 bridgehead atoms. The van der Waals surface area contributed by atoms with Crippen molar-refractivity contribution in [3.05, 3.63) is 41.1 Å². The van der Waals surface area contributed by atoms with Crippen molar-refractivity contribution in [2.45, 2.75) is 26.3 Å². The number of amidine groups is 1. The van der Waals surface area contributed by atoms with Gasteiger partial charge in [-0.25, -0.2) is 9.79 Å². The van der Waals surface area contributed by atoms with Crippen LogP contribution in [0.25, 0.3) is 0 Å². The molecule has 132 valence electrons. The van der Waals surface area contributed by atoms with Crippen LogP contribution in [-0.4, -0.2) is 41.4 Å². The molecule has 2 heterocycles. The van der Waals surface area contributed by atoms with Crippen LogP contribution in [0.3, 0.4) is 0 Å². The molecule has 1 saturated heterocycles. The molecule has 0 N–H and O–H groups in total. The van der Waals surface area contributed by atoms with Crippen LogP contribution in [0.15, 0.2) is 40.5 Å². The number of thioether (sulfide) groups is 1. The average molecular weight is 360 g/mol. The van der Waals surface area contributed by atoms with E-state index in [0.717, 1.165) is 5.56 Å². The van der Waals surface area contributed by atoms with Gasteiger partial charge in [-0.3, -0.25) is 9.69 Å². The molecule has 0 spiro atoms.